The molecule has 0 aliphatic carbocycles. The zero-order valence-corrected chi connectivity index (χ0v) is 14.1. The van der Waals surface area contributed by atoms with E-state index in [-0.39, 0.29) is 5.82 Å². The molecule has 0 bridgehead atoms. The van der Waals surface area contributed by atoms with E-state index in [1.807, 2.05) is 18.2 Å². The van der Waals surface area contributed by atoms with Gasteiger partial charge in [0, 0.05) is 37.1 Å². The van der Waals surface area contributed by atoms with Crippen LogP contribution in [0.4, 0.5) is 4.39 Å². The molecule has 0 amide bonds. The second-order valence-corrected chi connectivity index (χ2v) is 6.85. The number of pyridine rings is 1. The lowest BCUT2D eigenvalue weighted by Crippen LogP contribution is -2.23. The molecule has 3 nitrogen and oxygen atoms in total. The van der Waals surface area contributed by atoms with Gasteiger partial charge in [0.1, 0.15) is 5.82 Å². The summed E-state index contributed by atoms with van der Waals surface area (Å²) in [4.78, 5) is 6.84. The monoisotopic (exact) mass is 335 g/mol. The summed E-state index contributed by atoms with van der Waals surface area (Å²) in [6, 6.07) is 17.5. The fraction of sp³-hybridized carbons (Fsp3) is 0.286. The number of fused-ring (bicyclic) bond motifs is 1. The van der Waals surface area contributed by atoms with E-state index in [1.54, 1.807) is 18.3 Å². The molecule has 2 heterocycles. The Hall–Kier alpha value is -2.30. The molecule has 1 aliphatic rings. The summed E-state index contributed by atoms with van der Waals surface area (Å²) in [7, 11) is 0. The molecular weight excluding hydrogens is 313 g/mol. The van der Waals surface area contributed by atoms with E-state index >= 15 is 0 Å². The minimum absolute atomic E-state index is 0.204. The molecule has 0 saturated carbocycles. The van der Waals surface area contributed by atoms with Gasteiger partial charge in [-0.25, -0.2) is 4.39 Å². The van der Waals surface area contributed by atoms with Crippen molar-refractivity contribution in [2.45, 2.75) is 12.5 Å². The fourth-order valence-corrected chi connectivity index (χ4v) is 4.00. The highest BCUT2D eigenvalue weighted by Crippen LogP contribution is 2.33. The molecule has 3 aromatic rings. The maximum Gasteiger partial charge on any atom is 0.124 e. The standard InChI is InChI=1S/C21H22FN3/c22-19-9-16-7-4-8-24-21(16)17(10-19)12-25-13-18(11-23)20(14-25)15-5-2-1-3-6-15/h1-10,18,20H,11-14,23H2/t18-,20+/m1/s1. The van der Waals surface area contributed by atoms with Gasteiger partial charge in [0.15, 0.2) is 0 Å². The molecule has 1 fully saturated rings. The van der Waals surface area contributed by atoms with Gasteiger partial charge in [0.05, 0.1) is 5.52 Å². The van der Waals surface area contributed by atoms with Gasteiger partial charge in [-0.1, -0.05) is 36.4 Å². The lowest BCUT2D eigenvalue weighted by atomic mass is 9.89. The zero-order valence-electron chi connectivity index (χ0n) is 14.1. The minimum Gasteiger partial charge on any atom is -0.330 e. The molecule has 1 aliphatic heterocycles. The molecule has 4 rings (SSSR count). The third-order valence-electron chi connectivity index (χ3n) is 5.19. The fourth-order valence-electron chi connectivity index (χ4n) is 4.00. The van der Waals surface area contributed by atoms with Crippen LogP contribution in [0.1, 0.15) is 17.0 Å². The van der Waals surface area contributed by atoms with Gasteiger partial charge >= 0.3 is 0 Å². The highest BCUT2D eigenvalue weighted by Gasteiger charge is 2.32. The first kappa shape index (κ1) is 16.2. The molecule has 0 spiro atoms. The second kappa shape index (κ2) is 6.90. The Kier molecular flexibility index (Phi) is 4.47. The Morgan fingerprint density at radius 1 is 1.08 bits per heavy atom. The van der Waals surface area contributed by atoms with Gasteiger partial charge in [-0.2, -0.15) is 0 Å². The molecule has 0 unspecified atom stereocenters. The van der Waals surface area contributed by atoms with Gasteiger partial charge in [-0.15, -0.1) is 0 Å². The van der Waals surface area contributed by atoms with Crippen LogP contribution in [0.5, 0.6) is 0 Å². The van der Waals surface area contributed by atoms with E-state index in [0.717, 1.165) is 29.6 Å². The average molecular weight is 335 g/mol. The van der Waals surface area contributed by atoms with E-state index in [4.69, 9.17) is 5.73 Å². The van der Waals surface area contributed by atoms with Gasteiger partial charge in [0.25, 0.3) is 0 Å². The first-order valence-corrected chi connectivity index (χ1v) is 8.75. The van der Waals surface area contributed by atoms with Crippen molar-refractivity contribution < 1.29 is 4.39 Å². The molecule has 2 atom stereocenters. The van der Waals surface area contributed by atoms with Crippen molar-refractivity contribution in [3.05, 3.63) is 77.7 Å². The molecular formula is C21H22FN3. The Balaban J connectivity index is 1.60. The molecule has 25 heavy (non-hydrogen) atoms. The largest absolute Gasteiger partial charge is 0.330 e. The normalized spacial score (nSPS) is 21.0. The smallest absolute Gasteiger partial charge is 0.124 e. The number of halogens is 1. The molecule has 0 radical (unpaired) electrons. The number of nitrogens with zero attached hydrogens (tertiary/aromatic N) is 2. The number of aromatic nitrogens is 1. The predicted octanol–water partition coefficient (Wildman–Crippen LogP) is 3.55. The van der Waals surface area contributed by atoms with Gasteiger partial charge < -0.3 is 5.73 Å². The molecule has 1 saturated heterocycles. The Labute approximate surface area is 147 Å². The van der Waals surface area contributed by atoms with Crippen molar-refractivity contribution in [2.75, 3.05) is 19.6 Å². The van der Waals surface area contributed by atoms with Crippen molar-refractivity contribution in [3.63, 3.8) is 0 Å². The number of rotatable bonds is 4. The van der Waals surface area contributed by atoms with E-state index < -0.39 is 0 Å². The van der Waals surface area contributed by atoms with Gasteiger partial charge in [-0.05, 0) is 41.8 Å². The van der Waals surface area contributed by atoms with Crippen molar-refractivity contribution in [2.24, 2.45) is 11.7 Å². The highest BCUT2D eigenvalue weighted by atomic mass is 19.1. The number of likely N-dealkylation sites (tertiary alicyclic amines) is 1. The summed E-state index contributed by atoms with van der Waals surface area (Å²) in [6.07, 6.45) is 1.77. The second-order valence-electron chi connectivity index (χ2n) is 6.85. The maximum atomic E-state index is 14.0. The Morgan fingerprint density at radius 3 is 2.72 bits per heavy atom. The van der Waals surface area contributed by atoms with Crippen molar-refractivity contribution >= 4 is 10.9 Å². The molecule has 128 valence electrons. The van der Waals surface area contributed by atoms with Crippen LogP contribution in [-0.2, 0) is 6.54 Å². The predicted molar refractivity (Wildman–Crippen MR) is 98.7 cm³/mol. The summed E-state index contributed by atoms with van der Waals surface area (Å²) in [5.74, 6) is 0.652. The Bertz CT molecular complexity index is 865. The lowest BCUT2D eigenvalue weighted by Gasteiger charge is -2.17. The maximum absolute atomic E-state index is 14.0. The lowest BCUT2D eigenvalue weighted by molar-refractivity contribution is 0.317. The molecule has 1 aromatic heterocycles. The third kappa shape index (κ3) is 3.28. The number of hydrogen-bond donors (Lipinski definition) is 1. The molecule has 2 aromatic carbocycles. The third-order valence-corrected chi connectivity index (χ3v) is 5.19. The van der Waals surface area contributed by atoms with Crippen LogP contribution in [0.2, 0.25) is 0 Å². The number of benzene rings is 2. The summed E-state index contributed by atoms with van der Waals surface area (Å²) in [5, 5.41) is 0.853. The summed E-state index contributed by atoms with van der Waals surface area (Å²) >= 11 is 0. The zero-order chi connectivity index (χ0) is 17.2. The number of nitrogens with two attached hydrogens (primary N) is 1. The van der Waals surface area contributed by atoms with Crippen molar-refractivity contribution in [3.8, 4) is 0 Å². The first-order valence-electron chi connectivity index (χ1n) is 8.75. The van der Waals surface area contributed by atoms with E-state index in [1.165, 1.54) is 5.56 Å². The van der Waals surface area contributed by atoms with Crippen LogP contribution < -0.4 is 5.73 Å². The average Bonchev–Trinajstić information content (AvgIpc) is 3.05. The topological polar surface area (TPSA) is 42.1 Å². The highest BCUT2D eigenvalue weighted by molar-refractivity contribution is 5.81. The van der Waals surface area contributed by atoms with Crippen molar-refractivity contribution in [1.82, 2.24) is 9.88 Å². The van der Waals surface area contributed by atoms with Crippen molar-refractivity contribution in [1.29, 1.82) is 0 Å². The van der Waals surface area contributed by atoms with Crippen LogP contribution in [0.3, 0.4) is 0 Å². The Morgan fingerprint density at radius 2 is 1.92 bits per heavy atom. The number of hydrogen-bond acceptors (Lipinski definition) is 3. The van der Waals surface area contributed by atoms with E-state index in [9.17, 15) is 4.39 Å². The summed E-state index contributed by atoms with van der Waals surface area (Å²) in [5.41, 5.74) is 9.20. The SMILES string of the molecule is NC[C@@H]1CN(Cc2cc(F)cc3cccnc23)C[C@H]1c1ccccc1. The quantitative estimate of drug-likeness (QED) is 0.793. The van der Waals surface area contributed by atoms with E-state index in [2.05, 4.69) is 34.1 Å². The first-order chi connectivity index (χ1) is 12.2. The molecule has 2 N–H and O–H groups in total. The van der Waals surface area contributed by atoms with Crippen LogP contribution in [0.15, 0.2) is 60.8 Å². The van der Waals surface area contributed by atoms with Gasteiger partial charge in [-0.3, -0.25) is 9.88 Å². The minimum atomic E-state index is -0.204. The van der Waals surface area contributed by atoms with E-state index in [0.29, 0.717) is 24.9 Å². The van der Waals surface area contributed by atoms with Crippen LogP contribution in [0, 0.1) is 11.7 Å². The summed E-state index contributed by atoms with van der Waals surface area (Å²) < 4.78 is 14.0. The van der Waals surface area contributed by atoms with Crippen LogP contribution in [0.25, 0.3) is 10.9 Å². The molecule has 4 heteroatoms. The van der Waals surface area contributed by atoms with Crippen LogP contribution in [-0.4, -0.2) is 29.5 Å². The van der Waals surface area contributed by atoms with Gasteiger partial charge in [0.2, 0.25) is 0 Å². The van der Waals surface area contributed by atoms with Crippen LogP contribution >= 0.6 is 0 Å². The summed E-state index contributed by atoms with van der Waals surface area (Å²) in [6.45, 7) is 3.24.